The Hall–Kier alpha value is -0.240. The van der Waals surface area contributed by atoms with E-state index in [4.69, 9.17) is 19.7 Å². The molecule has 6 nitrogen and oxygen atoms in total. The van der Waals surface area contributed by atoms with Gasteiger partial charge in [-0.2, -0.15) is 0 Å². The first kappa shape index (κ1) is 16.8. The van der Waals surface area contributed by atoms with Gasteiger partial charge in [-0.05, 0) is 13.8 Å². The lowest BCUT2D eigenvalue weighted by Crippen LogP contribution is -2.39. The minimum atomic E-state index is -0.656. The third-order valence-corrected chi connectivity index (χ3v) is 2.23. The van der Waals surface area contributed by atoms with Crippen LogP contribution in [-0.4, -0.2) is 78.7 Å². The molecular formula is C11H25NO5. The molecule has 0 saturated carbocycles. The zero-order valence-electron chi connectivity index (χ0n) is 10.7. The Bertz CT molecular complexity index is 164. The Morgan fingerprint density at radius 2 is 1.71 bits per heavy atom. The second-order valence-corrected chi connectivity index (χ2v) is 3.76. The molecule has 0 aliphatic carbocycles. The van der Waals surface area contributed by atoms with Crippen molar-refractivity contribution in [2.24, 2.45) is 0 Å². The molecule has 0 aromatic heterocycles. The van der Waals surface area contributed by atoms with Crippen molar-refractivity contribution in [3.63, 3.8) is 0 Å². The van der Waals surface area contributed by atoms with Crippen LogP contribution in [0.4, 0.5) is 0 Å². The van der Waals surface area contributed by atoms with E-state index in [-0.39, 0.29) is 26.1 Å². The molecule has 0 saturated heterocycles. The summed E-state index contributed by atoms with van der Waals surface area (Å²) < 4.78 is 10.4. The normalized spacial score (nSPS) is 15.2. The van der Waals surface area contributed by atoms with Crippen molar-refractivity contribution in [1.29, 1.82) is 0 Å². The molecular weight excluding hydrogens is 226 g/mol. The highest BCUT2D eigenvalue weighted by Crippen LogP contribution is 1.98. The number of nitrogens with zero attached hydrogens (tertiary/aromatic N) is 1. The summed E-state index contributed by atoms with van der Waals surface area (Å²) in [4.78, 5) is 1.78. The first-order chi connectivity index (χ1) is 8.13. The molecule has 0 aromatic rings. The van der Waals surface area contributed by atoms with Crippen LogP contribution >= 0.6 is 0 Å². The van der Waals surface area contributed by atoms with Crippen molar-refractivity contribution in [2.75, 3.05) is 46.1 Å². The van der Waals surface area contributed by atoms with Gasteiger partial charge in [-0.3, -0.25) is 4.90 Å². The molecule has 0 amide bonds. The standard InChI is InChI=1S/C11H25NO5/c1-3-16-10(2)17-9-11(15)8-12(4-6-13)5-7-14/h10-11,13-15H,3-9H2,1-2H3. The maximum atomic E-state index is 9.70. The van der Waals surface area contributed by atoms with E-state index in [0.717, 1.165) is 0 Å². The number of rotatable bonds is 11. The van der Waals surface area contributed by atoms with Crippen LogP contribution in [0.5, 0.6) is 0 Å². The minimum Gasteiger partial charge on any atom is -0.395 e. The SMILES string of the molecule is CCOC(C)OCC(O)CN(CCO)CCO. The van der Waals surface area contributed by atoms with Gasteiger partial charge in [0.05, 0.1) is 25.9 Å². The van der Waals surface area contributed by atoms with E-state index in [1.54, 1.807) is 11.8 Å². The maximum Gasteiger partial charge on any atom is 0.154 e. The Morgan fingerprint density at radius 1 is 1.12 bits per heavy atom. The van der Waals surface area contributed by atoms with Gasteiger partial charge in [0, 0.05) is 26.2 Å². The van der Waals surface area contributed by atoms with Gasteiger partial charge in [0.25, 0.3) is 0 Å². The van der Waals surface area contributed by atoms with Gasteiger partial charge in [0.15, 0.2) is 6.29 Å². The highest BCUT2D eigenvalue weighted by Gasteiger charge is 2.12. The summed E-state index contributed by atoms with van der Waals surface area (Å²) in [6, 6.07) is 0. The second-order valence-electron chi connectivity index (χ2n) is 3.76. The Labute approximate surface area is 103 Å². The highest BCUT2D eigenvalue weighted by atomic mass is 16.7. The molecule has 0 aliphatic rings. The van der Waals surface area contributed by atoms with Gasteiger partial charge in [-0.15, -0.1) is 0 Å². The van der Waals surface area contributed by atoms with Crippen LogP contribution in [0, 0.1) is 0 Å². The molecule has 3 N–H and O–H groups in total. The van der Waals surface area contributed by atoms with Crippen LogP contribution < -0.4 is 0 Å². The quantitative estimate of drug-likeness (QED) is 0.410. The third-order valence-electron chi connectivity index (χ3n) is 2.23. The van der Waals surface area contributed by atoms with E-state index in [0.29, 0.717) is 26.2 Å². The summed E-state index contributed by atoms with van der Waals surface area (Å²) in [5, 5.41) is 27.3. The summed E-state index contributed by atoms with van der Waals surface area (Å²) in [5.74, 6) is 0. The van der Waals surface area contributed by atoms with Crippen molar-refractivity contribution in [3.05, 3.63) is 0 Å². The lowest BCUT2D eigenvalue weighted by atomic mass is 10.3. The zero-order valence-corrected chi connectivity index (χ0v) is 10.7. The fourth-order valence-electron chi connectivity index (χ4n) is 1.46. The lowest BCUT2D eigenvalue weighted by Gasteiger charge is -2.24. The highest BCUT2D eigenvalue weighted by molar-refractivity contribution is 4.64. The van der Waals surface area contributed by atoms with Crippen LogP contribution in [0.15, 0.2) is 0 Å². The van der Waals surface area contributed by atoms with Crippen LogP contribution in [0.1, 0.15) is 13.8 Å². The van der Waals surface area contributed by atoms with Crippen molar-refractivity contribution < 1.29 is 24.8 Å². The molecule has 0 heterocycles. The summed E-state index contributed by atoms with van der Waals surface area (Å²) >= 11 is 0. The minimum absolute atomic E-state index is 0.00290. The number of aliphatic hydroxyl groups excluding tert-OH is 3. The number of hydrogen-bond acceptors (Lipinski definition) is 6. The zero-order chi connectivity index (χ0) is 13.1. The topological polar surface area (TPSA) is 82.4 Å². The van der Waals surface area contributed by atoms with E-state index in [2.05, 4.69) is 0 Å². The van der Waals surface area contributed by atoms with Gasteiger partial charge in [-0.1, -0.05) is 0 Å². The molecule has 2 unspecified atom stereocenters. The van der Waals surface area contributed by atoms with Gasteiger partial charge < -0.3 is 24.8 Å². The van der Waals surface area contributed by atoms with Gasteiger partial charge in [-0.25, -0.2) is 0 Å². The van der Waals surface area contributed by atoms with E-state index in [1.165, 1.54) is 0 Å². The first-order valence-corrected chi connectivity index (χ1v) is 5.99. The van der Waals surface area contributed by atoms with E-state index in [1.807, 2.05) is 6.92 Å². The van der Waals surface area contributed by atoms with Crippen LogP contribution in [-0.2, 0) is 9.47 Å². The molecule has 17 heavy (non-hydrogen) atoms. The monoisotopic (exact) mass is 251 g/mol. The molecule has 0 aliphatic heterocycles. The summed E-state index contributed by atoms with van der Waals surface area (Å²) in [6.07, 6.45) is -0.991. The number of hydrogen-bond donors (Lipinski definition) is 3. The van der Waals surface area contributed by atoms with Crippen LogP contribution in [0.3, 0.4) is 0 Å². The molecule has 0 aromatic carbocycles. The van der Waals surface area contributed by atoms with Crippen molar-refractivity contribution in [3.8, 4) is 0 Å². The molecule has 104 valence electrons. The predicted octanol–water partition coefficient (Wildman–Crippen LogP) is -0.967. The average Bonchev–Trinajstić information content (AvgIpc) is 2.27. The van der Waals surface area contributed by atoms with Crippen molar-refractivity contribution in [2.45, 2.75) is 26.2 Å². The Kier molecular flexibility index (Phi) is 10.7. The summed E-state index contributed by atoms with van der Waals surface area (Å²) in [6.45, 7) is 5.62. The van der Waals surface area contributed by atoms with Crippen molar-refractivity contribution in [1.82, 2.24) is 4.90 Å². The van der Waals surface area contributed by atoms with E-state index >= 15 is 0 Å². The van der Waals surface area contributed by atoms with Crippen LogP contribution in [0.25, 0.3) is 0 Å². The predicted molar refractivity (Wildman–Crippen MR) is 63.7 cm³/mol. The fraction of sp³-hybridized carbons (Fsp3) is 1.00. The molecule has 0 radical (unpaired) electrons. The number of ether oxygens (including phenoxy) is 2. The smallest absolute Gasteiger partial charge is 0.154 e. The van der Waals surface area contributed by atoms with Crippen LogP contribution in [0.2, 0.25) is 0 Å². The maximum absolute atomic E-state index is 9.70. The van der Waals surface area contributed by atoms with Gasteiger partial charge in [0.2, 0.25) is 0 Å². The molecule has 0 bridgehead atoms. The fourth-order valence-corrected chi connectivity index (χ4v) is 1.46. The lowest BCUT2D eigenvalue weighted by molar-refractivity contribution is -0.145. The summed E-state index contributed by atoms with van der Waals surface area (Å²) in [5.41, 5.74) is 0. The molecule has 2 atom stereocenters. The van der Waals surface area contributed by atoms with E-state index < -0.39 is 6.10 Å². The third kappa shape index (κ3) is 9.46. The Balaban J connectivity index is 3.76. The molecule has 6 heteroatoms. The molecule has 0 spiro atoms. The molecule has 0 rings (SSSR count). The Morgan fingerprint density at radius 3 is 2.18 bits per heavy atom. The largest absolute Gasteiger partial charge is 0.395 e. The summed E-state index contributed by atoms with van der Waals surface area (Å²) in [7, 11) is 0. The van der Waals surface area contributed by atoms with E-state index in [9.17, 15) is 5.11 Å². The van der Waals surface area contributed by atoms with Crippen molar-refractivity contribution >= 4 is 0 Å². The molecule has 0 fully saturated rings. The second kappa shape index (κ2) is 10.9. The first-order valence-electron chi connectivity index (χ1n) is 5.99. The average molecular weight is 251 g/mol. The van der Waals surface area contributed by atoms with Gasteiger partial charge >= 0.3 is 0 Å². The van der Waals surface area contributed by atoms with Gasteiger partial charge in [0.1, 0.15) is 0 Å². The number of aliphatic hydroxyl groups is 3.